The fourth-order valence-corrected chi connectivity index (χ4v) is 2.22. The molecule has 0 radical (unpaired) electrons. The molecule has 0 aliphatic rings. The van der Waals surface area contributed by atoms with E-state index in [1.165, 1.54) is 5.56 Å². The van der Waals surface area contributed by atoms with Gasteiger partial charge >= 0.3 is 0 Å². The van der Waals surface area contributed by atoms with Crippen LogP contribution < -0.4 is 15.4 Å². The van der Waals surface area contributed by atoms with Crippen molar-refractivity contribution in [3.8, 4) is 5.75 Å². The van der Waals surface area contributed by atoms with Crippen LogP contribution in [0, 0.1) is 5.92 Å². The summed E-state index contributed by atoms with van der Waals surface area (Å²) in [5.74, 6) is 1.17. The van der Waals surface area contributed by atoms with Gasteiger partial charge in [0.15, 0.2) is 6.10 Å². The number of halogens is 1. The molecule has 1 rings (SSSR count). The number of nitrogens with one attached hydrogen (secondary N) is 2. The third-order valence-corrected chi connectivity index (χ3v) is 3.42. The Morgan fingerprint density at radius 2 is 2.05 bits per heavy atom. The summed E-state index contributed by atoms with van der Waals surface area (Å²) in [6.45, 7) is 7.90. The van der Waals surface area contributed by atoms with Gasteiger partial charge in [0.2, 0.25) is 0 Å². The summed E-state index contributed by atoms with van der Waals surface area (Å²) >= 11 is 3.48. The van der Waals surface area contributed by atoms with Gasteiger partial charge in [-0.15, -0.1) is 0 Å². The van der Waals surface area contributed by atoms with Crippen LogP contribution >= 0.6 is 15.9 Å². The highest BCUT2D eigenvalue weighted by Crippen LogP contribution is 2.27. The van der Waals surface area contributed by atoms with E-state index in [1.54, 1.807) is 14.0 Å². The number of likely N-dealkylation sites (N-methyl/N-ethyl adjacent to an activating group) is 1. The van der Waals surface area contributed by atoms with Crippen LogP contribution in [0.2, 0.25) is 0 Å². The van der Waals surface area contributed by atoms with E-state index in [1.807, 2.05) is 18.2 Å². The van der Waals surface area contributed by atoms with E-state index in [2.05, 4.69) is 40.4 Å². The largest absolute Gasteiger partial charge is 0.480 e. The van der Waals surface area contributed by atoms with Crippen molar-refractivity contribution < 1.29 is 9.53 Å². The third kappa shape index (κ3) is 5.51. The average Bonchev–Trinajstić information content (AvgIpc) is 2.40. The van der Waals surface area contributed by atoms with Gasteiger partial charge in [0.05, 0.1) is 4.47 Å². The highest BCUT2D eigenvalue weighted by atomic mass is 79.9. The Morgan fingerprint density at radius 3 is 2.60 bits per heavy atom. The lowest BCUT2D eigenvalue weighted by molar-refractivity contribution is -0.126. The summed E-state index contributed by atoms with van der Waals surface area (Å²) in [7, 11) is 1.60. The molecule has 5 heteroatoms. The summed E-state index contributed by atoms with van der Waals surface area (Å²) in [6.07, 6.45) is -0.513. The maximum Gasteiger partial charge on any atom is 0.260 e. The van der Waals surface area contributed by atoms with Crippen LogP contribution in [0.25, 0.3) is 0 Å². The van der Waals surface area contributed by atoms with Crippen LogP contribution in [-0.2, 0) is 11.3 Å². The quantitative estimate of drug-likeness (QED) is 0.800. The molecule has 0 spiro atoms. The van der Waals surface area contributed by atoms with Crippen LogP contribution in [0.4, 0.5) is 0 Å². The minimum atomic E-state index is -0.513. The Morgan fingerprint density at radius 1 is 1.35 bits per heavy atom. The lowest BCUT2D eigenvalue weighted by Crippen LogP contribution is -2.33. The molecule has 0 bridgehead atoms. The number of hydrogen-bond donors (Lipinski definition) is 2. The first-order chi connectivity index (χ1) is 9.43. The van der Waals surface area contributed by atoms with Gasteiger partial charge in [0, 0.05) is 13.6 Å². The summed E-state index contributed by atoms with van der Waals surface area (Å²) in [5.41, 5.74) is 1.18. The zero-order valence-corrected chi connectivity index (χ0v) is 14.1. The van der Waals surface area contributed by atoms with Gasteiger partial charge in [-0.25, -0.2) is 0 Å². The lowest BCUT2D eigenvalue weighted by atomic mass is 10.2. The molecule has 4 nitrogen and oxygen atoms in total. The van der Waals surface area contributed by atoms with Crippen LogP contribution in [-0.4, -0.2) is 25.6 Å². The Bertz CT molecular complexity index is 449. The zero-order valence-electron chi connectivity index (χ0n) is 12.5. The molecule has 1 unspecified atom stereocenters. The first kappa shape index (κ1) is 17.0. The molecule has 1 aromatic carbocycles. The molecule has 2 N–H and O–H groups in total. The predicted molar refractivity (Wildman–Crippen MR) is 84.8 cm³/mol. The minimum absolute atomic E-state index is 0.139. The number of amides is 1. The zero-order chi connectivity index (χ0) is 15.1. The second-order valence-electron chi connectivity index (χ2n) is 5.16. The van der Waals surface area contributed by atoms with Crippen molar-refractivity contribution in [2.75, 3.05) is 13.6 Å². The molecule has 112 valence electrons. The van der Waals surface area contributed by atoms with Crippen LogP contribution in [0.5, 0.6) is 5.75 Å². The predicted octanol–water partition coefficient (Wildman–Crippen LogP) is 2.71. The standard InChI is InChI=1S/C15H23BrN2O2/c1-10(2)8-18-9-12-5-6-14(13(16)7-12)20-11(3)15(19)17-4/h5-7,10-11,18H,8-9H2,1-4H3,(H,17,19). The van der Waals surface area contributed by atoms with Crippen molar-refractivity contribution in [1.29, 1.82) is 0 Å². The van der Waals surface area contributed by atoms with Gasteiger partial charge in [-0.05, 0) is 53.0 Å². The van der Waals surface area contributed by atoms with Gasteiger partial charge in [-0.2, -0.15) is 0 Å². The lowest BCUT2D eigenvalue weighted by Gasteiger charge is -2.15. The fraction of sp³-hybridized carbons (Fsp3) is 0.533. The third-order valence-electron chi connectivity index (χ3n) is 2.80. The summed E-state index contributed by atoms with van der Waals surface area (Å²) < 4.78 is 6.47. The fourth-order valence-electron chi connectivity index (χ4n) is 1.70. The molecule has 0 aliphatic carbocycles. The van der Waals surface area contributed by atoms with E-state index in [0.717, 1.165) is 17.6 Å². The Kier molecular flexibility index (Phi) is 7.02. The highest BCUT2D eigenvalue weighted by Gasteiger charge is 2.14. The molecular formula is C15H23BrN2O2. The molecule has 1 atom stereocenters. The molecule has 1 amide bonds. The van der Waals surface area contributed by atoms with Crippen molar-refractivity contribution in [3.05, 3.63) is 28.2 Å². The second kappa shape index (κ2) is 8.27. The minimum Gasteiger partial charge on any atom is -0.480 e. The highest BCUT2D eigenvalue weighted by molar-refractivity contribution is 9.10. The van der Waals surface area contributed by atoms with Crippen molar-refractivity contribution in [3.63, 3.8) is 0 Å². The van der Waals surface area contributed by atoms with Crippen molar-refractivity contribution in [1.82, 2.24) is 10.6 Å². The van der Waals surface area contributed by atoms with Crippen LogP contribution in [0.1, 0.15) is 26.3 Å². The summed E-state index contributed by atoms with van der Waals surface area (Å²) in [5, 5.41) is 5.96. The van der Waals surface area contributed by atoms with Crippen molar-refractivity contribution >= 4 is 21.8 Å². The van der Waals surface area contributed by atoms with Crippen molar-refractivity contribution in [2.45, 2.75) is 33.4 Å². The van der Waals surface area contributed by atoms with E-state index in [-0.39, 0.29) is 5.91 Å². The average molecular weight is 343 g/mol. The van der Waals surface area contributed by atoms with Gasteiger partial charge < -0.3 is 15.4 Å². The molecule has 0 saturated carbocycles. The molecular weight excluding hydrogens is 320 g/mol. The number of rotatable bonds is 7. The molecule has 0 fully saturated rings. The Hall–Kier alpha value is -1.07. The Balaban J connectivity index is 2.61. The number of carbonyl (C=O) groups is 1. The van der Waals surface area contributed by atoms with Crippen LogP contribution in [0.15, 0.2) is 22.7 Å². The van der Waals surface area contributed by atoms with Gasteiger partial charge in [-0.3, -0.25) is 4.79 Å². The first-order valence-corrected chi connectivity index (χ1v) is 7.60. The molecule has 0 heterocycles. The van der Waals surface area contributed by atoms with Crippen molar-refractivity contribution in [2.24, 2.45) is 5.92 Å². The monoisotopic (exact) mass is 342 g/mol. The second-order valence-corrected chi connectivity index (χ2v) is 6.02. The van der Waals surface area contributed by atoms with Gasteiger partial charge in [0.1, 0.15) is 5.75 Å². The number of benzene rings is 1. The van der Waals surface area contributed by atoms with E-state index in [0.29, 0.717) is 11.7 Å². The Labute approximate surface area is 129 Å². The van der Waals surface area contributed by atoms with E-state index >= 15 is 0 Å². The van der Waals surface area contributed by atoms with Crippen LogP contribution in [0.3, 0.4) is 0 Å². The number of hydrogen-bond acceptors (Lipinski definition) is 3. The maximum absolute atomic E-state index is 11.4. The first-order valence-electron chi connectivity index (χ1n) is 6.81. The molecule has 20 heavy (non-hydrogen) atoms. The normalized spacial score (nSPS) is 12.3. The molecule has 0 aromatic heterocycles. The van der Waals surface area contributed by atoms with E-state index in [9.17, 15) is 4.79 Å². The van der Waals surface area contributed by atoms with E-state index < -0.39 is 6.10 Å². The topological polar surface area (TPSA) is 50.4 Å². The van der Waals surface area contributed by atoms with Gasteiger partial charge in [0.25, 0.3) is 5.91 Å². The van der Waals surface area contributed by atoms with Gasteiger partial charge in [-0.1, -0.05) is 19.9 Å². The summed E-state index contributed by atoms with van der Waals surface area (Å²) in [4.78, 5) is 11.4. The SMILES string of the molecule is CNC(=O)C(C)Oc1ccc(CNCC(C)C)cc1Br. The molecule has 0 aliphatic heterocycles. The molecule has 0 saturated heterocycles. The number of ether oxygens (including phenoxy) is 1. The summed E-state index contributed by atoms with van der Waals surface area (Å²) in [6, 6.07) is 5.90. The number of carbonyl (C=O) groups excluding carboxylic acids is 1. The van der Waals surface area contributed by atoms with E-state index in [4.69, 9.17) is 4.74 Å². The molecule has 1 aromatic rings. The maximum atomic E-state index is 11.4. The smallest absolute Gasteiger partial charge is 0.260 e.